The number of hydrogen-bond acceptors (Lipinski definition) is 5. The summed E-state index contributed by atoms with van der Waals surface area (Å²) in [4.78, 5) is 11.9. The monoisotopic (exact) mass is 374 g/mol. The van der Waals surface area contributed by atoms with Crippen molar-refractivity contribution in [2.75, 3.05) is 29.9 Å². The van der Waals surface area contributed by atoms with Crippen molar-refractivity contribution in [3.8, 4) is 17.0 Å². The molecule has 1 saturated heterocycles. The van der Waals surface area contributed by atoms with Crippen LogP contribution in [0.15, 0.2) is 60.7 Å². The minimum Gasteiger partial charge on any atom is -0.494 e. The molecule has 1 aromatic heterocycles. The minimum atomic E-state index is 0.617. The Kier molecular flexibility index (Phi) is 5.71. The van der Waals surface area contributed by atoms with Crippen molar-refractivity contribution in [2.24, 2.45) is 0 Å². The standard InChI is InChI=1S/C23H26N4O/c1-2-28-20-13-11-19(12-14-20)24-23-25-21(18-9-5-3-6-10-18)17-22(26-23)27-15-7-4-8-16-27/h3,5-6,9-14,17H,2,4,7-8,15-16H2,1H3,(H,24,25,26). The summed E-state index contributed by atoms with van der Waals surface area (Å²) in [5.41, 5.74) is 2.97. The predicted molar refractivity (Wildman–Crippen MR) is 114 cm³/mol. The lowest BCUT2D eigenvalue weighted by molar-refractivity contribution is 0.340. The number of rotatable bonds is 6. The van der Waals surface area contributed by atoms with Crippen LogP contribution in [0.4, 0.5) is 17.5 Å². The summed E-state index contributed by atoms with van der Waals surface area (Å²) in [5, 5.41) is 3.36. The van der Waals surface area contributed by atoms with E-state index in [1.54, 1.807) is 0 Å². The molecular formula is C23H26N4O. The summed E-state index contributed by atoms with van der Waals surface area (Å²) >= 11 is 0. The van der Waals surface area contributed by atoms with Crippen LogP contribution in [0.25, 0.3) is 11.3 Å². The molecule has 2 heterocycles. The number of ether oxygens (including phenoxy) is 1. The third kappa shape index (κ3) is 4.42. The third-order valence-corrected chi connectivity index (χ3v) is 4.88. The van der Waals surface area contributed by atoms with Crippen LogP contribution >= 0.6 is 0 Å². The molecule has 0 amide bonds. The average molecular weight is 374 g/mol. The van der Waals surface area contributed by atoms with Crippen molar-refractivity contribution in [1.82, 2.24) is 9.97 Å². The second kappa shape index (κ2) is 8.74. The Bertz CT molecular complexity index is 890. The molecule has 144 valence electrons. The largest absolute Gasteiger partial charge is 0.494 e. The number of anilines is 3. The summed E-state index contributed by atoms with van der Waals surface area (Å²) in [6.45, 7) is 4.74. The molecule has 28 heavy (non-hydrogen) atoms. The quantitative estimate of drug-likeness (QED) is 0.636. The molecule has 1 N–H and O–H groups in total. The van der Waals surface area contributed by atoms with E-state index in [1.165, 1.54) is 19.3 Å². The highest BCUT2D eigenvalue weighted by Crippen LogP contribution is 2.27. The smallest absolute Gasteiger partial charge is 0.229 e. The van der Waals surface area contributed by atoms with Crippen LogP contribution in [0.2, 0.25) is 0 Å². The van der Waals surface area contributed by atoms with Gasteiger partial charge in [0.25, 0.3) is 0 Å². The number of benzene rings is 2. The lowest BCUT2D eigenvalue weighted by atomic mass is 10.1. The first kappa shape index (κ1) is 18.3. The number of hydrogen-bond donors (Lipinski definition) is 1. The highest BCUT2D eigenvalue weighted by Gasteiger charge is 2.15. The molecule has 1 fully saturated rings. The molecule has 0 saturated carbocycles. The summed E-state index contributed by atoms with van der Waals surface area (Å²) in [6.07, 6.45) is 3.73. The van der Waals surface area contributed by atoms with Crippen LogP contribution in [-0.4, -0.2) is 29.7 Å². The Hall–Kier alpha value is -3.08. The van der Waals surface area contributed by atoms with E-state index in [0.717, 1.165) is 41.6 Å². The number of piperidine rings is 1. The van der Waals surface area contributed by atoms with Crippen LogP contribution in [0, 0.1) is 0 Å². The number of nitrogens with one attached hydrogen (secondary N) is 1. The summed E-state index contributed by atoms with van der Waals surface area (Å²) in [7, 11) is 0. The SMILES string of the molecule is CCOc1ccc(Nc2nc(-c3ccccc3)cc(N3CCCCC3)n2)cc1. The van der Waals surface area contributed by atoms with Gasteiger partial charge in [0.05, 0.1) is 12.3 Å². The van der Waals surface area contributed by atoms with Gasteiger partial charge in [-0.1, -0.05) is 30.3 Å². The van der Waals surface area contributed by atoms with E-state index in [2.05, 4.69) is 28.4 Å². The first-order valence-corrected chi connectivity index (χ1v) is 10.0. The Morgan fingerprint density at radius 2 is 1.68 bits per heavy atom. The Morgan fingerprint density at radius 1 is 0.929 bits per heavy atom. The van der Waals surface area contributed by atoms with Crippen molar-refractivity contribution < 1.29 is 4.74 Å². The second-order valence-corrected chi connectivity index (χ2v) is 6.93. The van der Waals surface area contributed by atoms with Crippen molar-refractivity contribution in [1.29, 1.82) is 0 Å². The minimum absolute atomic E-state index is 0.617. The van der Waals surface area contributed by atoms with Crippen LogP contribution in [-0.2, 0) is 0 Å². The molecule has 1 aliphatic heterocycles. The van der Waals surface area contributed by atoms with E-state index in [4.69, 9.17) is 14.7 Å². The molecule has 0 aliphatic carbocycles. The maximum atomic E-state index is 5.52. The van der Waals surface area contributed by atoms with E-state index >= 15 is 0 Å². The van der Waals surface area contributed by atoms with Gasteiger partial charge < -0.3 is 15.0 Å². The molecule has 1 aliphatic rings. The molecule has 0 atom stereocenters. The summed E-state index contributed by atoms with van der Waals surface area (Å²) < 4.78 is 5.52. The van der Waals surface area contributed by atoms with E-state index in [1.807, 2.05) is 49.4 Å². The number of nitrogens with zero attached hydrogens (tertiary/aromatic N) is 3. The fourth-order valence-electron chi connectivity index (χ4n) is 3.46. The van der Waals surface area contributed by atoms with E-state index in [9.17, 15) is 0 Å². The molecule has 5 heteroatoms. The van der Waals surface area contributed by atoms with Crippen LogP contribution < -0.4 is 15.0 Å². The maximum absolute atomic E-state index is 5.52. The summed E-state index contributed by atoms with van der Waals surface area (Å²) in [5.74, 6) is 2.47. The van der Waals surface area contributed by atoms with Gasteiger partial charge in [-0.15, -0.1) is 0 Å². The van der Waals surface area contributed by atoms with Gasteiger partial charge in [0.2, 0.25) is 5.95 Å². The van der Waals surface area contributed by atoms with Crippen molar-refractivity contribution >= 4 is 17.5 Å². The average Bonchev–Trinajstić information content (AvgIpc) is 2.76. The van der Waals surface area contributed by atoms with Gasteiger partial charge in [-0.05, 0) is 50.5 Å². The molecule has 0 bridgehead atoms. The predicted octanol–water partition coefficient (Wildman–Crippen LogP) is 5.28. The van der Waals surface area contributed by atoms with Gasteiger partial charge in [0, 0.05) is 30.4 Å². The van der Waals surface area contributed by atoms with E-state index in [-0.39, 0.29) is 0 Å². The number of aromatic nitrogens is 2. The van der Waals surface area contributed by atoms with Crippen molar-refractivity contribution in [3.05, 3.63) is 60.7 Å². The van der Waals surface area contributed by atoms with Gasteiger partial charge >= 0.3 is 0 Å². The van der Waals surface area contributed by atoms with Crippen molar-refractivity contribution in [3.63, 3.8) is 0 Å². The van der Waals surface area contributed by atoms with Crippen LogP contribution in [0.1, 0.15) is 26.2 Å². The molecule has 3 aromatic rings. The van der Waals surface area contributed by atoms with Gasteiger partial charge in [-0.3, -0.25) is 0 Å². The normalized spacial score (nSPS) is 14.0. The molecule has 0 spiro atoms. The highest BCUT2D eigenvalue weighted by molar-refractivity contribution is 5.66. The zero-order chi connectivity index (χ0) is 19.2. The van der Waals surface area contributed by atoms with Gasteiger partial charge in [-0.25, -0.2) is 4.98 Å². The van der Waals surface area contributed by atoms with E-state index in [0.29, 0.717) is 12.6 Å². The van der Waals surface area contributed by atoms with Gasteiger partial charge in [-0.2, -0.15) is 4.98 Å². The lowest BCUT2D eigenvalue weighted by Crippen LogP contribution is -2.30. The fraction of sp³-hybridized carbons (Fsp3) is 0.304. The Balaban J connectivity index is 1.65. The van der Waals surface area contributed by atoms with Crippen molar-refractivity contribution in [2.45, 2.75) is 26.2 Å². The molecule has 2 aromatic carbocycles. The Labute approximate surface area is 166 Å². The molecule has 0 radical (unpaired) electrons. The zero-order valence-corrected chi connectivity index (χ0v) is 16.3. The first-order chi connectivity index (χ1) is 13.8. The highest BCUT2D eigenvalue weighted by atomic mass is 16.5. The molecule has 5 nitrogen and oxygen atoms in total. The zero-order valence-electron chi connectivity index (χ0n) is 16.3. The first-order valence-electron chi connectivity index (χ1n) is 10.0. The molecular weight excluding hydrogens is 348 g/mol. The summed E-state index contributed by atoms with van der Waals surface area (Å²) in [6, 6.07) is 20.3. The van der Waals surface area contributed by atoms with Crippen LogP contribution in [0.3, 0.4) is 0 Å². The Morgan fingerprint density at radius 3 is 2.39 bits per heavy atom. The van der Waals surface area contributed by atoms with Gasteiger partial charge in [0.15, 0.2) is 0 Å². The maximum Gasteiger partial charge on any atom is 0.229 e. The molecule has 4 rings (SSSR count). The lowest BCUT2D eigenvalue weighted by Gasteiger charge is -2.28. The third-order valence-electron chi connectivity index (χ3n) is 4.88. The van der Waals surface area contributed by atoms with Gasteiger partial charge in [0.1, 0.15) is 11.6 Å². The van der Waals surface area contributed by atoms with E-state index < -0.39 is 0 Å². The fourth-order valence-corrected chi connectivity index (χ4v) is 3.46. The molecule has 0 unspecified atom stereocenters. The van der Waals surface area contributed by atoms with Crippen LogP contribution in [0.5, 0.6) is 5.75 Å². The second-order valence-electron chi connectivity index (χ2n) is 6.93. The topological polar surface area (TPSA) is 50.3 Å².